The molecule has 5 heteroatoms. The number of aromatic nitrogens is 2. The Kier molecular flexibility index (Phi) is 5.07. The summed E-state index contributed by atoms with van der Waals surface area (Å²) < 4.78 is 5.91. The van der Waals surface area contributed by atoms with Gasteiger partial charge in [-0.2, -0.15) is 0 Å². The summed E-state index contributed by atoms with van der Waals surface area (Å²) in [5.74, 6) is 2.83. The van der Waals surface area contributed by atoms with Gasteiger partial charge in [0, 0.05) is 18.5 Å². The Morgan fingerprint density at radius 2 is 2.04 bits per heavy atom. The molecule has 0 spiro atoms. The van der Waals surface area contributed by atoms with Gasteiger partial charge in [-0.05, 0) is 63.2 Å². The van der Waals surface area contributed by atoms with E-state index in [2.05, 4.69) is 33.1 Å². The van der Waals surface area contributed by atoms with Crippen LogP contribution in [0.5, 0.6) is 5.75 Å². The molecule has 1 aromatic carbocycles. The molecular weight excluding hydrogens is 326 g/mol. The normalized spacial score (nSPS) is 21.7. The van der Waals surface area contributed by atoms with E-state index in [1.807, 2.05) is 13.0 Å². The first-order chi connectivity index (χ1) is 12.7. The molecule has 1 atom stereocenters. The van der Waals surface area contributed by atoms with Crippen LogP contribution in [-0.2, 0) is 6.42 Å². The lowest BCUT2D eigenvalue weighted by Crippen LogP contribution is -2.37. The zero-order chi connectivity index (χ0) is 17.9. The molecule has 3 heterocycles. The van der Waals surface area contributed by atoms with E-state index in [-0.39, 0.29) is 5.56 Å². The van der Waals surface area contributed by atoms with Gasteiger partial charge in [-0.15, -0.1) is 0 Å². The van der Waals surface area contributed by atoms with Gasteiger partial charge in [0.2, 0.25) is 0 Å². The topological polar surface area (TPSA) is 58.2 Å². The van der Waals surface area contributed by atoms with E-state index < -0.39 is 0 Å². The van der Waals surface area contributed by atoms with Crippen molar-refractivity contribution < 1.29 is 4.74 Å². The van der Waals surface area contributed by atoms with Gasteiger partial charge in [0.25, 0.3) is 5.56 Å². The van der Waals surface area contributed by atoms with Gasteiger partial charge in [-0.25, -0.2) is 4.98 Å². The van der Waals surface area contributed by atoms with Crippen LogP contribution in [0.4, 0.5) is 0 Å². The summed E-state index contributed by atoms with van der Waals surface area (Å²) in [7, 11) is 0. The molecule has 2 aromatic rings. The Bertz CT molecular complexity index is 809. The maximum atomic E-state index is 11.7. The van der Waals surface area contributed by atoms with Crippen LogP contribution in [0.15, 0.2) is 35.1 Å². The van der Waals surface area contributed by atoms with Crippen molar-refractivity contribution in [2.24, 2.45) is 5.92 Å². The van der Waals surface area contributed by atoms with Crippen LogP contribution in [0, 0.1) is 12.8 Å². The lowest BCUT2D eigenvalue weighted by atomic mass is 9.91. The second-order valence-electron chi connectivity index (χ2n) is 7.65. The van der Waals surface area contributed by atoms with Crippen LogP contribution in [-0.4, -0.2) is 41.1 Å². The molecule has 138 valence electrons. The Labute approximate surface area is 154 Å². The Morgan fingerprint density at radius 1 is 1.23 bits per heavy atom. The van der Waals surface area contributed by atoms with Gasteiger partial charge in [0.05, 0.1) is 12.3 Å². The van der Waals surface area contributed by atoms with Crippen LogP contribution in [0.2, 0.25) is 0 Å². The van der Waals surface area contributed by atoms with Gasteiger partial charge < -0.3 is 14.6 Å². The molecule has 0 amide bonds. The summed E-state index contributed by atoms with van der Waals surface area (Å²) in [6.07, 6.45) is 4.37. The van der Waals surface area contributed by atoms with E-state index in [9.17, 15) is 4.79 Å². The first kappa shape index (κ1) is 17.3. The highest BCUT2D eigenvalue weighted by Crippen LogP contribution is 2.30. The number of fused-ring (bicyclic) bond motifs is 1. The van der Waals surface area contributed by atoms with Crippen LogP contribution < -0.4 is 10.3 Å². The molecule has 0 unspecified atom stereocenters. The minimum Gasteiger partial charge on any atom is -0.493 e. The monoisotopic (exact) mass is 353 g/mol. The summed E-state index contributed by atoms with van der Waals surface area (Å²) >= 11 is 0. The van der Waals surface area contributed by atoms with Gasteiger partial charge in [-0.3, -0.25) is 4.79 Å². The van der Waals surface area contributed by atoms with Crippen molar-refractivity contribution in [1.29, 1.82) is 0 Å². The highest BCUT2D eigenvalue weighted by molar-refractivity contribution is 5.34. The number of piperidine rings is 1. The van der Waals surface area contributed by atoms with E-state index in [0.29, 0.717) is 17.7 Å². The maximum absolute atomic E-state index is 11.7. The zero-order valence-corrected chi connectivity index (χ0v) is 15.4. The fraction of sp³-hybridized carbons (Fsp3) is 0.524. The van der Waals surface area contributed by atoms with Gasteiger partial charge in [0.15, 0.2) is 0 Å². The third-order valence-corrected chi connectivity index (χ3v) is 5.67. The largest absolute Gasteiger partial charge is 0.493 e. The number of benzene rings is 1. The molecule has 0 saturated carbocycles. The summed E-state index contributed by atoms with van der Waals surface area (Å²) in [4.78, 5) is 21.6. The average Bonchev–Trinajstić information content (AvgIpc) is 2.83. The van der Waals surface area contributed by atoms with Crippen molar-refractivity contribution in [3.63, 3.8) is 0 Å². The number of aryl methyl sites for hydroxylation is 1. The molecule has 2 aliphatic heterocycles. The number of para-hydroxylation sites is 1. The molecule has 1 aromatic heterocycles. The number of H-pyrrole nitrogens is 1. The second-order valence-corrected chi connectivity index (χ2v) is 7.65. The summed E-state index contributed by atoms with van der Waals surface area (Å²) in [6.45, 7) is 5.96. The zero-order valence-electron chi connectivity index (χ0n) is 15.4. The summed E-state index contributed by atoms with van der Waals surface area (Å²) in [5, 5.41) is 0. The molecule has 1 fully saturated rings. The fourth-order valence-corrected chi connectivity index (χ4v) is 4.31. The number of hydrogen-bond acceptors (Lipinski definition) is 4. The predicted molar refractivity (Wildman–Crippen MR) is 102 cm³/mol. The number of hydrogen-bond donors (Lipinski definition) is 1. The van der Waals surface area contributed by atoms with Crippen molar-refractivity contribution >= 4 is 0 Å². The van der Waals surface area contributed by atoms with Crippen molar-refractivity contribution in [3.8, 4) is 5.75 Å². The number of likely N-dealkylation sites (tertiary alicyclic amines) is 1. The van der Waals surface area contributed by atoms with Crippen LogP contribution >= 0.6 is 0 Å². The van der Waals surface area contributed by atoms with Crippen molar-refractivity contribution in [1.82, 2.24) is 14.9 Å². The third kappa shape index (κ3) is 3.98. The van der Waals surface area contributed by atoms with Crippen LogP contribution in [0.3, 0.4) is 0 Å². The van der Waals surface area contributed by atoms with Crippen molar-refractivity contribution in [2.45, 2.75) is 38.5 Å². The van der Waals surface area contributed by atoms with Gasteiger partial charge >= 0.3 is 0 Å². The lowest BCUT2D eigenvalue weighted by Gasteiger charge is -2.33. The molecule has 1 saturated heterocycles. The van der Waals surface area contributed by atoms with Crippen molar-refractivity contribution in [2.75, 3.05) is 26.2 Å². The highest BCUT2D eigenvalue weighted by atomic mass is 16.5. The third-order valence-electron chi connectivity index (χ3n) is 5.67. The number of ether oxygens (including phenoxy) is 1. The minimum atomic E-state index is -0.0351. The predicted octanol–water partition coefficient (Wildman–Crippen LogP) is 2.90. The van der Waals surface area contributed by atoms with E-state index >= 15 is 0 Å². The fourth-order valence-electron chi connectivity index (χ4n) is 4.31. The first-order valence-electron chi connectivity index (χ1n) is 9.68. The summed E-state index contributed by atoms with van der Waals surface area (Å²) in [5.41, 5.74) is 2.27. The van der Waals surface area contributed by atoms with E-state index in [4.69, 9.17) is 4.74 Å². The van der Waals surface area contributed by atoms with Crippen LogP contribution in [0.1, 0.15) is 42.3 Å². The molecule has 5 nitrogen and oxygen atoms in total. The molecule has 1 N–H and O–H groups in total. The smallest absolute Gasteiger partial charge is 0.251 e. The van der Waals surface area contributed by atoms with E-state index in [1.54, 1.807) is 6.07 Å². The molecule has 0 aliphatic carbocycles. The molecule has 0 bridgehead atoms. The first-order valence-corrected chi connectivity index (χ1v) is 9.68. The number of aromatic amines is 1. The summed E-state index contributed by atoms with van der Waals surface area (Å²) in [6, 6.07) is 10.1. The Balaban J connectivity index is 1.34. The molecule has 26 heavy (non-hydrogen) atoms. The van der Waals surface area contributed by atoms with Gasteiger partial charge in [-0.1, -0.05) is 18.2 Å². The SMILES string of the molecule is Cc1nc(C2CCN(C[C@H]3CCOc4ccccc4C3)CC2)cc(=O)[nH]1. The molecular formula is C21H27N3O2. The van der Waals surface area contributed by atoms with E-state index in [1.165, 1.54) is 5.56 Å². The standard InChI is InChI=1S/C21H27N3O2/c1-15-22-19(13-21(25)23-15)17-6-9-24(10-7-17)14-16-8-11-26-20-5-3-2-4-18(20)12-16/h2-5,13,16-17H,6-12,14H2,1H3,(H,22,23,25)/t16-/m0/s1. The Hall–Kier alpha value is -2.14. The maximum Gasteiger partial charge on any atom is 0.251 e. The second kappa shape index (κ2) is 7.62. The number of rotatable bonds is 3. The van der Waals surface area contributed by atoms with E-state index in [0.717, 1.165) is 63.4 Å². The minimum absolute atomic E-state index is 0.0351. The number of nitrogens with zero attached hydrogens (tertiary/aromatic N) is 2. The molecule has 2 aliphatic rings. The highest BCUT2D eigenvalue weighted by Gasteiger charge is 2.25. The average molecular weight is 353 g/mol. The van der Waals surface area contributed by atoms with Gasteiger partial charge in [0.1, 0.15) is 11.6 Å². The number of nitrogens with one attached hydrogen (secondary N) is 1. The lowest BCUT2D eigenvalue weighted by molar-refractivity contribution is 0.171. The van der Waals surface area contributed by atoms with Crippen LogP contribution in [0.25, 0.3) is 0 Å². The quantitative estimate of drug-likeness (QED) is 0.922. The van der Waals surface area contributed by atoms with Crippen molar-refractivity contribution in [3.05, 3.63) is 57.8 Å². The Morgan fingerprint density at radius 3 is 2.85 bits per heavy atom. The molecule has 4 rings (SSSR count). The molecule has 0 radical (unpaired) electrons.